The van der Waals surface area contributed by atoms with Crippen molar-refractivity contribution in [2.45, 2.75) is 51.8 Å². The monoisotopic (exact) mass is 341 g/mol. The van der Waals surface area contributed by atoms with Crippen LogP contribution in [0.4, 0.5) is 4.79 Å². The van der Waals surface area contributed by atoms with Crippen LogP contribution in [-0.2, 0) is 16.1 Å². The number of allylic oxidation sites excluding steroid dienone is 2. The first-order valence-electron chi connectivity index (χ1n) is 9.03. The molecule has 0 spiro atoms. The molecule has 0 radical (unpaired) electrons. The Bertz CT molecular complexity index is 646. The van der Waals surface area contributed by atoms with Gasteiger partial charge in [0, 0.05) is 0 Å². The van der Waals surface area contributed by atoms with Crippen LogP contribution >= 0.6 is 0 Å². The number of amides is 1. The van der Waals surface area contributed by atoms with Crippen molar-refractivity contribution in [3.8, 4) is 0 Å². The van der Waals surface area contributed by atoms with Gasteiger partial charge in [0.25, 0.3) is 0 Å². The van der Waals surface area contributed by atoms with Crippen LogP contribution in [0.25, 0.3) is 0 Å². The molecule has 4 heteroatoms. The third-order valence-electron chi connectivity index (χ3n) is 4.71. The van der Waals surface area contributed by atoms with E-state index in [9.17, 15) is 4.79 Å². The van der Waals surface area contributed by atoms with Gasteiger partial charge in [-0.05, 0) is 38.7 Å². The van der Waals surface area contributed by atoms with Gasteiger partial charge in [0.1, 0.15) is 6.61 Å². The maximum atomic E-state index is 12.6. The molecule has 0 aromatic heterocycles. The predicted octanol–water partition coefficient (Wildman–Crippen LogP) is 4.47. The van der Waals surface area contributed by atoms with Crippen molar-refractivity contribution in [2.24, 2.45) is 0 Å². The lowest BCUT2D eigenvalue weighted by Crippen LogP contribution is -2.56. The first kappa shape index (κ1) is 17.7. The highest BCUT2D eigenvalue weighted by Crippen LogP contribution is 2.30. The summed E-state index contributed by atoms with van der Waals surface area (Å²) < 4.78 is 11.2. The standard InChI is InChI=1S/C21H27NO3/c1-16(2)7-6-10-18-11-19-14-24-15-20(12-18)22(19)21(23)25-13-17-8-4-3-5-9-17/h3-5,7-9,11,19-20H,6,10,12-15H2,1-2H3. The number of fused-ring (bicyclic) bond motifs is 2. The molecule has 1 saturated heterocycles. The van der Waals surface area contributed by atoms with Gasteiger partial charge in [-0.15, -0.1) is 0 Å². The zero-order valence-electron chi connectivity index (χ0n) is 15.1. The SMILES string of the molecule is CC(C)=CCCC1=CC2COCC(C1)N2C(=O)OCc1ccccc1. The van der Waals surface area contributed by atoms with E-state index in [0.717, 1.165) is 24.8 Å². The average molecular weight is 341 g/mol. The summed E-state index contributed by atoms with van der Waals surface area (Å²) >= 11 is 0. The number of benzene rings is 1. The summed E-state index contributed by atoms with van der Waals surface area (Å²) in [5.41, 5.74) is 3.79. The van der Waals surface area contributed by atoms with Crippen LogP contribution in [0.3, 0.4) is 0 Å². The van der Waals surface area contributed by atoms with Crippen molar-refractivity contribution in [2.75, 3.05) is 13.2 Å². The second-order valence-corrected chi connectivity index (χ2v) is 7.06. The van der Waals surface area contributed by atoms with Gasteiger partial charge in [-0.3, -0.25) is 4.90 Å². The van der Waals surface area contributed by atoms with E-state index >= 15 is 0 Å². The second kappa shape index (κ2) is 8.34. The molecule has 25 heavy (non-hydrogen) atoms. The van der Waals surface area contributed by atoms with Crippen LogP contribution in [0.15, 0.2) is 53.6 Å². The lowest BCUT2D eigenvalue weighted by Gasteiger charge is -2.43. The minimum absolute atomic E-state index is 0.00234. The van der Waals surface area contributed by atoms with Crippen molar-refractivity contribution < 1.29 is 14.3 Å². The molecule has 2 heterocycles. The molecule has 0 N–H and O–H groups in total. The molecular formula is C21H27NO3. The third kappa shape index (κ3) is 4.73. The second-order valence-electron chi connectivity index (χ2n) is 7.06. The summed E-state index contributed by atoms with van der Waals surface area (Å²) in [5, 5.41) is 0. The van der Waals surface area contributed by atoms with E-state index in [0.29, 0.717) is 19.8 Å². The van der Waals surface area contributed by atoms with Crippen LogP contribution in [0.5, 0.6) is 0 Å². The van der Waals surface area contributed by atoms with E-state index in [-0.39, 0.29) is 18.2 Å². The Labute approximate surface area is 150 Å². The zero-order valence-corrected chi connectivity index (χ0v) is 15.1. The van der Waals surface area contributed by atoms with Crippen LogP contribution in [0, 0.1) is 0 Å². The summed E-state index contributed by atoms with van der Waals surface area (Å²) in [5.74, 6) is 0. The maximum Gasteiger partial charge on any atom is 0.411 e. The molecule has 0 aliphatic carbocycles. The Morgan fingerprint density at radius 1 is 1.28 bits per heavy atom. The molecule has 3 rings (SSSR count). The first-order valence-corrected chi connectivity index (χ1v) is 9.03. The fraction of sp³-hybridized carbons (Fsp3) is 0.476. The topological polar surface area (TPSA) is 38.8 Å². The highest BCUT2D eigenvalue weighted by Gasteiger charge is 2.38. The first-order chi connectivity index (χ1) is 12.1. The molecule has 2 aliphatic rings. The van der Waals surface area contributed by atoms with Gasteiger partial charge in [-0.1, -0.05) is 53.6 Å². The van der Waals surface area contributed by atoms with E-state index in [1.54, 1.807) is 0 Å². The van der Waals surface area contributed by atoms with Crippen LogP contribution in [0.1, 0.15) is 38.7 Å². The summed E-state index contributed by atoms with van der Waals surface area (Å²) in [7, 11) is 0. The van der Waals surface area contributed by atoms with Gasteiger partial charge >= 0.3 is 6.09 Å². The van der Waals surface area contributed by atoms with Crippen molar-refractivity contribution in [3.05, 3.63) is 59.2 Å². The quantitative estimate of drug-likeness (QED) is 0.742. The third-order valence-corrected chi connectivity index (χ3v) is 4.71. The van der Waals surface area contributed by atoms with Crippen molar-refractivity contribution in [3.63, 3.8) is 0 Å². The normalized spacial score (nSPS) is 22.2. The number of nitrogens with zero attached hydrogens (tertiary/aromatic N) is 1. The number of morpholine rings is 1. The minimum Gasteiger partial charge on any atom is -0.445 e. The molecule has 4 nitrogen and oxygen atoms in total. The van der Waals surface area contributed by atoms with E-state index in [4.69, 9.17) is 9.47 Å². The largest absolute Gasteiger partial charge is 0.445 e. The fourth-order valence-electron chi connectivity index (χ4n) is 3.49. The predicted molar refractivity (Wildman–Crippen MR) is 98.2 cm³/mol. The molecule has 134 valence electrons. The Kier molecular flexibility index (Phi) is 5.92. The molecule has 2 atom stereocenters. The summed E-state index contributed by atoms with van der Waals surface area (Å²) in [6.07, 6.45) is 7.25. The number of hydrogen-bond acceptors (Lipinski definition) is 3. The van der Waals surface area contributed by atoms with Gasteiger partial charge in [0.2, 0.25) is 0 Å². The van der Waals surface area contributed by atoms with E-state index in [2.05, 4.69) is 26.0 Å². The number of ether oxygens (including phenoxy) is 2. The molecule has 1 fully saturated rings. The molecule has 2 unspecified atom stereocenters. The van der Waals surface area contributed by atoms with Gasteiger partial charge < -0.3 is 9.47 Å². The lowest BCUT2D eigenvalue weighted by molar-refractivity contribution is -0.0375. The average Bonchev–Trinajstić information content (AvgIpc) is 2.59. The number of carbonyl (C=O) groups excluding carboxylic acids is 1. The minimum atomic E-state index is -0.234. The van der Waals surface area contributed by atoms with Crippen molar-refractivity contribution in [1.29, 1.82) is 0 Å². The molecule has 1 aromatic carbocycles. The van der Waals surface area contributed by atoms with Crippen LogP contribution in [0.2, 0.25) is 0 Å². The Hall–Kier alpha value is -2.07. The molecule has 1 aromatic rings. The van der Waals surface area contributed by atoms with Gasteiger partial charge in [0.05, 0.1) is 25.3 Å². The number of hydrogen-bond donors (Lipinski definition) is 0. The Morgan fingerprint density at radius 2 is 2.08 bits per heavy atom. The molecule has 2 aliphatic heterocycles. The van der Waals surface area contributed by atoms with Gasteiger partial charge in [0.15, 0.2) is 0 Å². The smallest absolute Gasteiger partial charge is 0.411 e. The fourth-order valence-corrected chi connectivity index (χ4v) is 3.49. The molecule has 2 bridgehead atoms. The highest BCUT2D eigenvalue weighted by molar-refractivity contribution is 5.69. The lowest BCUT2D eigenvalue weighted by atomic mass is 9.91. The van der Waals surface area contributed by atoms with Crippen molar-refractivity contribution in [1.82, 2.24) is 4.90 Å². The van der Waals surface area contributed by atoms with Crippen LogP contribution < -0.4 is 0 Å². The van der Waals surface area contributed by atoms with Gasteiger partial charge in [-0.2, -0.15) is 0 Å². The van der Waals surface area contributed by atoms with E-state index in [1.807, 2.05) is 35.2 Å². The van der Waals surface area contributed by atoms with Crippen LogP contribution in [-0.4, -0.2) is 36.3 Å². The zero-order chi connectivity index (χ0) is 17.6. The summed E-state index contributed by atoms with van der Waals surface area (Å²) in [6, 6.07) is 9.89. The van der Waals surface area contributed by atoms with Crippen molar-refractivity contribution >= 4 is 6.09 Å². The number of carbonyl (C=O) groups is 1. The number of rotatable bonds is 5. The van der Waals surface area contributed by atoms with Gasteiger partial charge in [-0.25, -0.2) is 4.79 Å². The summed E-state index contributed by atoms with van der Waals surface area (Å²) in [6.45, 7) is 5.72. The molecular weight excluding hydrogens is 314 g/mol. The Morgan fingerprint density at radius 3 is 2.80 bits per heavy atom. The van der Waals surface area contributed by atoms with E-state index < -0.39 is 0 Å². The molecule has 1 amide bonds. The highest BCUT2D eigenvalue weighted by atomic mass is 16.6. The maximum absolute atomic E-state index is 12.6. The molecule has 0 saturated carbocycles. The summed E-state index contributed by atoms with van der Waals surface area (Å²) in [4.78, 5) is 14.5. The van der Waals surface area contributed by atoms with E-state index in [1.165, 1.54) is 11.1 Å². The Balaban J connectivity index is 1.61.